The van der Waals surface area contributed by atoms with Crippen LogP contribution in [0, 0.1) is 0 Å². The van der Waals surface area contributed by atoms with Gasteiger partial charge in [-0.3, -0.25) is 19.1 Å². The lowest BCUT2D eigenvalue weighted by molar-refractivity contribution is -0.116. The average molecular weight is 481 g/mol. The third kappa shape index (κ3) is 8.24. The van der Waals surface area contributed by atoms with Crippen LogP contribution in [0.15, 0.2) is 70.3 Å². The van der Waals surface area contributed by atoms with Gasteiger partial charge in [-0.05, 0) is 24.0 Å². The molecule has 0 aliphatic rings. The van der Waals surface area contributed by atoms with Gasteiger partial charge in [0.2, 0.25) is 5.91 Å². The fraction of sp³-hybridized carbons (Fsp3) is 0.346. The number of aromatic nitrogens is 2. The Bertz CT molecular complexity index is 1180. The molecule has 0 bridgehead atoms. The maximum absolute atomic E-state index is 12.7. The summed E-state index contributed by atoms with van der Waals surface area (Å²) in [5, 5.41) is 5.82. The number of rotatable bonds is 14. The first kappa shape index (κ1) is 25.9. The van der Waals surface area contributed by atoms with Gasteiger partial charge in [-0.25, -0.2) is 4.79 Å². The molecule has 3 aromatic rings. The molecule has 35 heavy (non-hydrogen) atoms. The number of ether oxygens (including phenoxy) is 2. The number of anilines is 2. The van der Waals surface area contributed by atoms with Crippen molar-refractivity contribution in [2.24, 2.45) is 0 Å². The zero-order chi connectivity index (χ0) is 24.9. The molecule has 0 saturated heterocycles. The molecule has 0 aliphatic heterocycles. The van der Waals surface area contributed by atoms with Crippen LogP contribution in [0.3, 0.4) is 0 Å². The van der Waals surface area contributed by atoms with Crippen molar-refractivity contribution in [2.75, 3.05) is 37.6 Å². The molecule has 3 N–H and O–H groups in total. The second-order valence-electron chi connectivity index (χ2n) is 7.97. The van der Waals surface area contributed by atoms with Crippen molar-refractivity contribution in [3.63, 3.8) is 0 Å². The third-order valence-electron chi connectivity index (χ3n) is 5.36. The molecule has 186 valence electrons. The Hall–Kier alpha value is -3.69. The first-order valence-corrected chi connectivity index (χ1v) is 11.6. The highest BCUT2D eigenvalue weighted by atomic mass is 16.5. The van der Waals surface area contributed by atoms with Crippen molar-refractivity contribution >= 4 is 17.4 Å². The second-order valence-corrected chi connectivity index (χ2v) is 7.97. The summed E-state index contributed by atoms with van der Waals surface area (Å²) in [5.74, 6) is -0.183. The predicted molar refractivity (Wildman–Crippen MR) is 136 cm³/mol. The number of H-pyrrole nitrogens is 1. The van der Waals surface area contributed by atoms with Crippen molar-refractivity contribution in [3.8, 4) is 0 Å². The molecule has 0 spiro atoms. The minimum Gasteiger partial charge on any atom is -0.383 e. The van der Waals surface area contributed by atoms with Crippen LogP contribution in [0.5, 0.6) is 0 Å². The Morgan fingerprint density at radius 3 is 2.31 bits per heavy atom. The van der Waals surface area contributed by atoms with E-state index in [-0.39, 0.29) is 37.0 Å². The Morgan fingerprint density at radius 1 is 0.943 bits per heavy atom. The number of carbonyl (C=O) groups excluding carboxylic acids is 1. The zero-order valence-electron chi connectivity index (χ0n) is 19.9. The first-order valence-electron chi connectivity index (χ1n) is 11.6. The Labute approximate surface area is 204 Å². The van der Waals surface area contributed by atoms with E-state index in [4.69, 9.17) is 9.47 Å². The number of carbonyl (C=O) groups is 1. The number of hydrogen-bond acceptors (Lipinski definition) is 6. The Morgan fingerprint density at radius 2 is 1.63 bits per heavy atom. The fourth-order valence-electron chi connectivity index (χ4n) is 3.51. The smallest absolute Gasteiger partial charge is 0.330 e. The van der Waals surface area contributed by atoms with Gasteiger partial charge in [-0.15, -0.1) is 0 Å². The van der Waals surface area contributed by atoms with Crippen LogP contribution in [0.1, 0.15) is 24.0 Å². The van der Waals surface area contributed by atoms with E-state index in [2.05, 4.69) is 15.6 Å². The van der Waals surface area contributed by atoms with Crippen molar-refractivity contribution in [2.45, 2.75) is 32.4 Å². The summed E-state index contributed by atoms with van der Waals surface area (Å²) in [4.78, 5) is 40.1. The van der Waals surface area contributed by atoms with Crippen LogP contribution in [0.4, 0.5) is 11.5 Å². The van der Waals surface area contributed by atoms with Gasteiger partial charge >= 0.3 is 5.69 Å². The lowest BCUT2D eigenvalue weighted by Gasteiger charge is -2.18. The predicted octanol–water partition coefficient (Wildman–Crippen LogP) is 2.77. The number of nitrogens with zero attached hydrogens (tertiary/aromatic N) is 1. The SMILES string of the molecule is COCCn1c(NC(=O)CCCOCCc2ccccc2)c(NCc2ccccc2)c(=O)[nH]c1=O. The summed E-state index contributed by atoms with van der Waals surface area (Å²) in [6, 6.07) is 19.6. The van der Waals surface area contributed by atoms with E-state index in [1.807, 2.05) is 60.7 Å². The molecule has 1 heterocycles. The molecule has 3 rings (SSSR count). The summed E-state index contributed by atoms with van der Waals surface area (Å²) in [5.41, 5.74) is 1.06. The molecular formula is C26H32N4O5. The summed E-state index contributed by atoms with van der Waals surface area (Å²) >= 11 is 0. The van der Waals surface area contributed by atoms with Crippen molar-refractivity contribution in [1.82, 2.24) is 9.55 Å². The zero-order valence-corrected chi connectivity index (χ0v) is 19.9. The van der Waals surface area contributed by atoms with Gasteiger partial charge in [0, 0.05) is 26.7 Å². The average Bonchev–Trinajstić information content (AvgIpc) is 2.87. The van der Waals surface area contributed by atoms with E-state index in [0.29, 0.717) is 26.2 Å². The van der Waals surface area contributed by atoms with Gasteiger partial charge in [-0.1, -0.05) is 60.7 Å². The molecule has 0 radical (unpaired) electrons. The van der Waals surface area contributed by atoms with E-state index in [0.717, 1.165) is 12.0 Å². The molecule has 0 atom stereocenters. The fourth-order valence-corrected chi connectivity index (χ4v) is 3.51. The molecule has 9 nitrogen and oxygen atoms in total. The van der Waals surface area contributed by atoms with Gasteiger partial charge in [-0.2, -0.15) is 0 Å². The highest BCUT2D eigenvalue weighted by Crippen LogP contribution is 2.17. The minimum absolute atomic E-state index is 0.122. The quantitative estimate of drug-likeness (QED) is 0.306. The molecule has 2 aromatic carbocycles. The summed E-state index contributed by atoms with van der Waals surface area (Å²) in [6.07, 6.45) is 1.51. The van der Waals surface area contributed by atoms with Gasteiger partial charge in [0.25, 0.3) is 5.56 Å². The number of benzene rings is 2. The number of nitrogens with one attached hydrogen (secondary N) is 3. The Balaban J connectivity index is 1.62. The molecule has 0 fully saturated rings. The van der Waals surface area contributed by atoms with E-state index in [1.54, 1.807) is 0 Å². The summed E-state index contributed by atoms with van der Waals surface area (Å²) < 4.78 is 12.0. The molecule has 0 aliphatic carbocycles. The highest BCUT2D eigenvalue weighted by Gasteiger charge is 2.17. The molecule has 9 heteroatoms. The topological polar surface area (TPSA) is 114 Å². The maximum atomic E-state index is 12.7. The van der Waals surface area contributed by atoms with Gasteiger partial charge in [0.1, 0.15) is 11.5 Å². The number of amides is 1. The van der Waals surface area contributed by atoms with Crippen molar-refractivity contribution in [3.05, 3.63) is 92.6 Å². The first-order chi connectivity index (χ1) is 17.1. The third-order valence-corrected chi connectivity index (χ3v) is 5.36. The van der Waals surface area contributed by atoms with Crippen LogP contribution in [0.2, 0.25) is 0 Å². The highest BCUT2D eigenvalue weighted by molar-refractivity contribution is 5.92. The van der Waals surface area contributed by atoms with Gasteiger partial charge in [0.15, 0.2) is 0 Å². The van der Waals surface area contributed by atoms with Crippen LogP contribution < -0.4 is 21.9 Å². The van der Waals surface area contributed by atoms with Crippen LogP contribution in [-0.2, 0) is 33.8 Å². The number of hydrogen-bond donors (Lipinski definition) is 3. The van der Waals surface area contributed by atoms with E-state index >= 15 is 0 Å². The van der Waals surface area contributed by atoms with Gasteiger partial charge in [0.05, 0.1) is 19.8 Å². The van der Waals surface area contributed by atoms with Crippen LogP contribution >= 0.6 is 0 Å². The Kier molecular flexibility index (Phi) is 10.3. The van der Waals surface area contributed by atoms with Crippen LogP contribution in [0.25, 0.3) is 0 Å². The molecule has 1 amide bonds. The van der Waals surface area contributed by atoms with E-state index < -0.39 is 11.2 Å². The second kappa shape index (κ2) is 13.9. The monoisotopic (exact) mass is 480 g/mol. The number of aromatic amines is 1. The maximum Gasteiger partial charge on any atom is 0.330 e. The number of methoxy groups -OCH3 is 1. The molecular weight excluding hydrogens is 448 g/mol. The van der Waals surface area contributed by atoms with Gasteiger partial charge < -0.3 is 20.1 Å². The summed E-state index contributed by atoms with van der Waals surface area (Å²) in [6.45, 7) is 1.77. The van der Waals surface area contributed by atoms with Crippen LogP contribution in [-0.4, -0.2) is 42.4 Å². The molecule has 1 aromatic heterocycles. The standard InChI is InChI=1S/C26H32N4O5/c1-34-18-15-30-24(23(25(32)29-26(30)33)27-19-21-11-6-3-7-12-21)28-22(31)13-8-16-35-17-14-20-9-4-2-5-10-20/h2-7,9-12,27H,8,13-19H2,1H3,(H,28,31)(H,29,32,33). The minimum atomic E-state index is -0.614. The van der Waals surface area contributed by atoms with E-state index in [9.17, 15) is 14.4 Å². The molecule has 0 saturated carbocycles. The van der Waals surface area contributed by atoms with E-state index in [1.165, 1.54) is 17.2 Å². The van der Waals surface area contributed by atoms with Crippen molar-refractivity contribution in [1.29, 1.82) is 0 Å². The normalized spacial score (nSPS) is 10.8. The van der Waals surface area contributed by atoms with Crippen molar-refractivity contribution < 1.29 is 14.3 Å². The lowest BCUT2D eigenvalue weighted by Crippen LogP contribution is -2.36. The molecule has 0 unspecified atom stereocenters. The largest absolute Gasteiger partial charge is 0.383 e. The lowest BCUT2D eigenvalue weighted by atomic mass is 10.2. The summed E-state index contributed by atoms with van der Waals surface area (Å²) in [7, 11) is 1.52.